The molecule has 1 saturated heterocycles. The van der Waals surface area contributed by atoms with Gasteiger partial charge in [0.25, 0.3) is 0 Å². The molecule has 0 saturated carbocycles. The average molecular weight is 209 g/mol. The first-order valence-corrected chi connectivity index (χ1v) is 5.02. The van der Waals surface area contributed by atoms with Gasteiger partial charge in [-0.2, -0.15) is 4.98 Å². The Kier molecular flexibility index (Phi) is 3.31. The lowest BCUT2D eigenvalue weighted by molar-refractivity contribution is 0.152. The van der Waals surface area contributed by atoms with E-state index in [-0.39, 0.29) is 0 Å². The molecule has 1 aliphatic heterocycles. The zero-order valence-corrected chi connectivity index (χ0v) is 8.52. The third kappa shape index (κ3) is 2.54. The predicted octanol–water partition coefficient (Wildman–Crippen LogP) is -0.0111. The summed E-state index contributed by atoms with van der Waals surface area (Å²) >= 11 is 0. The molecule has 2 heterocycles. The molecule has 82 valence electrons. The molecule has 0 radical (unpaired) electrons. The van der Waals surface area contributed by atoms with Crippen LogP contribution in [0.5, 0.6) is 0 Å². The molecule has 15 heavy (non-hydrogen) atoms. The molecule has 0 spiro atoms. The molecule has 3 N–H and O–H groups in total. The second kappa shape index (κ2) is 4.90. The number of nitrogens with two attached hydrogens (primary N) is 1. The number of nitrogen functional groups attached to an aromatic ring is 1. The number of anilines is 2. The van der Waals surface area contributed by atoms with Crippen LogP contribution < -0.4 is 16.2 Å². The van der Waals surface area contributed by atoms with E-state index >= 15 is 0 Å². The first-order valence-electron chi connectivity index (χ1n) is 5.02. The van der Waals surface area contributed by atoms with Gasteiger partial charge in [0.05, 0.1) is 6.61 Å². The number of ether oxygens (including phenoxy) is 1. The fourth-order valence-corrected chi connectivity index (χ4v) is 1.57. The summed E-state index contributed by atoms with van der Waals surface area (Å²) < 4.78 is 5.38. The molecule has 2 rings (SSSR count). The summed E-state index contributed by atoms with van der Waals surface area (Å²) in [6, 6.07) is 1.88. The van der Waals surface area contributed by atoms with Crippen molar-refractivity contribution in [3.05, 3.63) is 12.3 Å². The van der Waals surface area contributed by atoms with E-state index in [1.807, 2.05) is 6.07 Å². The van der Waals surface area contributed by atoms with Crippen molar-refractivity contribution in [3.63, 3.8) is 0 Å². The Labute approximate surface area is 88.4 Å². The summed E-state index contributed by atoms with van der Waals surface area (Å²) in [6.45, 7) is 3.39. The normalized spacial score (nSPS) is 17.3. The Balaban J connectivity index is 2.12. The summed E-state index contributed by atoms with van der Waals surface area (Å²) in [5, 5.41) is 0. The highest BCUT2D eigenvalue weighted by molar-refractivity contribution is 5.42. The lowest BCUT2D eigenvalue weighted by atomic mass is 10.4. The summed E-state index contributed by atoms with van der Waals surface area (Å²) in [7, 11) is 0. The van der Waals surface area contributed by atoms with Gasteiger partial charge in [-0.3, -0.25) is 5.43 Å². The monoisotopic (exact) mass is 209 g/mol. The van der Waals surface area contributed by atoms with Crippen LogP contribution in [0, 0.1) is 0 Å². The van der Waals surface area contributed by atoms with Crippen molar-refractivity contribution >= 4 is 11.8 Å². The number of nitrogens with zero attached hydrogens (tertiary/aromatic N) is 3. The van der Waals surface area contributed by atoms with Crippen LogP contribution in [0.3, 0.4) is 0 Å². The molecule has 6 heteroatoms. The van der Waals surface area contributed by atoms with Crippen molar-refractivity contribution in [1.29, 1.82) is 0 Å². The largest absolute Gasteiger partial charge is 0.380 e. The highest BCUT2D eigenvalue weighted by Crippen LogP contribution is 2.13. The Morgan fingerprint density at radius 1 is 1.40 bits per heavy atom. The van der Waals surface area contributed by atoms with Gasteiger partial charge in [0.15, 0.2) is 0 Å². The van der Waals surface area contributed by atoms with Crippen LogP contribution in [0.15, 0.2) is 12.3 Å². The van der Waals surface area contributed by atoms with Gasteiger partial charge in [0, 0.05) is 25.9 Å². The van der Waals surface area contributed by atoms with E-state index in [1.165, 1.54) is 0 Å². The van der Waals surface area contributed by atoms with Gasteiger partial charge in [0.2, 0.25) is 5.95 Å². The maximum atomic E-state index is 5.38. The second-order valence-electron chi connectivity index (χ2n) is 3.34. The predicted molar refractivity (Wildman–Crippen MR) is 57.5 cm³/mol. The third-order valence-corrected chi connectivity index (χ3v) is 2.32. The van der Waals surface area contributed by atoms with Crippen molar-refractivity contribution in [2.75, 3.05) is 36.6 Å². The number of aromatic nitrogens is 2. The number of nitrogens with one attached hydrogen (secondary N) is 1. The Morgan fingerprint density at radius 2 is 2.33 bits per heavy atom. The van der Waals surface area contributed by atoms with Gasteiger partial charge < -0.3 is 9.64 Å². The SMILES string of the molecule is NNc1nccc(N2CCCOCC2)n1. The zero-order chi connectivity index (χ0) is 10.5. The van der Waals surface area contributed by atoms with Crippen molar-refractivity contribution in [3.8, 4) is 0 Å². The molecule has 0 aliphatic carbocycles. The molecule has 1 aromatic rings. The maximum absolute atomic E-state index is 5.38. The topological polar surface area (TPSA) is 76.3 Å². The third-order valence-electron chi connectivity index (χ3n) is 2.32. The van der Waals surface area contributed by atoms with Gasteiger partial charge in [-0.25, -0.2) is 10.8 Å². The number of hydrogen-bond acceptors (Lipinski definition) is 6. The maximum Gasteiger partial charge on any atom is 0.239 e. The minimum Gasteiger partial charge on any atom is -0.380 e. The highest BCUT2D eigenvalue weighted by Gasteiger charge is 2.11. The molecule has 0 unspecified atom stereocenters. The lowest BCUT2D eigenvalue weighted by Gasteiger charge is -2.20. The van der Waals surface area contributed by atoms with Crippen LogP contribution in [0.1, 0.15) is 6.42 Å². The molecule has 1 fully saturated rings. The lowest BCUT2D eigenvalue weighted by Crippen LogP contribution is -2.27. The molecule has 0 amide bonds. The van der Waals surface area contributed by atoms with Crippen LogP contribution >= 0.6 is 0 Å². The molecule has 0 aromatic carbocycles. The van der Waals surface area contributed by atoms with E-state index < -0.39 is 0 Å². The van der Waals surface area contributed by atoms with E-state index in [0.717, 1.165) is 38.5 Å². The molecule has 1 aliphatic rings. The van der Waals surface area contributed by atoms with E-state index in [9.17, 15) is 0 Å². The van der Waals surface area contributed by atoms with Crippen LogP contribution in [-0.4, -0.2) is 36.3 Å². The van der Waals surface area contributed by atoms with Gasteiger partial charge >= 0.3 is 0 Å². The number of hydrogen-bond donors (Lipinski definition) is 2. The first kappa shape index (κ1) is 10.1. The number of rotatable bonds is 2. The minimum absolute atomic E-state index is 0.442. The van der Waals surface area contributed by atoms with Crippen LogP contribution in [0.2, 0.25) is 0 Å². The minimum atomic E-state index is 0.442. The Hall–Kier alpha value is -1.40. The summed E-state index contributed by atoms with van der Waals surface area (Å²) in [5.74, 6) is 6.60. The van der Waals surface area contributed by atoms with E-state index in [1.54, 1.807) is 6.20 Å². The average Bonchev–Trinajstić information content (AvgIpc) is 2.58. The molecule has 0 bridgehead atoms. The van der Waals surface area contributed by atoms with Crippen LogP contribution in [0.4, 0.5) is 11.8 Å². The van der Waals surface area contributed by atoms with Crippen molar-refractivity contribution in [2.24, 2.45) is 5.84 Å². The Morgan fingerprint density at radius 3 is 3.20 bits per heavy atom. The molecule has 1 aromatic heterocycles. The smallest absolute Gasteiger partial charge is 0.239 e. The van der Waals surface area contributed by atoms with Gasteiger partial charge in [-0.1, -0.05) is 0 Å². The fraction of sp³-hybridized carbons (Fsp3) is 0.556. The molecule has 6 nitrogen and oxygen atoms in total. The van der Waals surface area contributed by atoms with Crippen molar-refractivity contribution in [1.82, 2.24) is 9.97 Å². The van der Waals surface area contributed by atoms with E-state index in [4.69, 9.17) is 10.6 Å². The van der Waals surface area contributed by atoms with Gasteiger partial charge in [0.1, 0.15) is 5.82 Å². The van der Waals surface area contributed by atoms with Gasteiger partial charge in [-0.15, -0.1) is 0 Å². The van der Waals surface area contributed by atoms with E-state index in [2.05, 4.69) is 20.3 Å². The first-order chi connectivity index (χ1) is 7.40. The molecular weight excluding hydrogens is 194 g/mol. The highest BCUT2D eigenvalue weighted by atomic mass is 16.5. The number of hydrazine groups is 1. The van der Waals surface area contributed by atoms with Gasteiger partial charge in [-0.05, 0) is 12.5 Å². The fourth-order valence-electron chi connectivity index (χ4n) is 1.57. The molecule has 0 atom stereocenters. The zero-order valence-electron chi connectivity index (χ0n) is 8.52. The van der Waals surface area contributed by atoms with Crippen molar-refractivity contribution < 1.29 is 4.74 Å². The van der Waals surface area contributed by atoms with Crippen molar-refractivity contribution in [2.45, 2.75) is 6.42 Å². The summed E-state index contributed by atoms with van der Waals surface area (Å²) in [6.07, 6.45) is 2.72. The van der Waals surface area contributed by atoms with Crippen LogP contribution in [-0.2, 0) is 4.74 Å². The Bertz CT molecular complexity index is 311. The standard InChI is InChI=1S/C9H15N5O/c10-13-9-11-3-2-8(12-9)14-4-1-6-15-7-5-14/h2-3H,1,4-7,10H2,(H,11,12,13). The second-order valence-corrected chi connectivity index (χ2v) is 3.34. The molecular formula is C9H15N5O. The quantitative estimate of drug-likeness (QED) is 0.527. The summed E-state index contributed by atoms with van der Waals surface area (Å²) in [4.78, 5) is 10.4. The summed E-state index contributed by atoms with van der Waals surface area (Å²) in [5.41, 5.74) is 2.44. The van der Waals surface area contributed by atoms with Crippen LogP contribution in [0.25, 0.3) is 0 Å². The van der Waals surface area contributed by atoms with E-state index in [0.29, 0.717) is 5.95 Å².